The highest BCUT2D eigenvalue weighted by Crippen LogP contribution is 2.21. The summed E-state index contributed by atoms with van der Waals surface area (Å²) in [4.78, 5) is 3.88. The minimum Gasteiger partial charge on any atom is -0.396 e. The molecule has 1 aromatic rings. The van der Waals surface area contributed by atoms with Gasteiger partial charge >= 0.3 is 0 Å². The predicted molar refractivity (Wildman–Crippen MR) is 50.0 cm³/mol. The van der Waals surface area contributed by atoms with Gasteiger partial charge in [0.25, 0.3) is 0 Å². The number of pyridine rings is 1. The highest BCUT2D eigenvalue weighted by atomic mass is 16.3. The molecule has 2 atom stereocenters. The van der Waals surface area contributed by atoms with E-state index in [1.807, 2.05) is 0 Å². The Kier molecular flexibility index (Phi) is 3.61. The average Bonchev–Trinajstić information content (AvgIpc) is 2.21. The molecule has 0 saturated heterocycles. The summed E-state index contributed by atoms with van der Waals surface area (Å²) in [6.45, 7) is 3.43. The van der Waals surface area contributed by atoms with Crippen molar-refractivity contribution >= 4 is 0 Å². The summed E-state index contributed by atoms with van der Waals surface area (Å²) < 4.78 is 0. The molecule has 13 heavy (non-hydrogen) atoms. The first-order chi connectivity index (χ1) is 6.29. The van der Waals surface area contributed by atoms with Crippen LogP contribution in [0, 0.1) is 5.92 Å². The number of rotatable bonds is 4. The van der Waals surface area contributed by atoms with Gasteiger partial charge in [-0.25, -0.2) is 0 Å². The number of aliphatic hydroxyl groups excluding tert-OH is 2. The molecular formula is C10H13NO2. The number of nitrogens with zero attached hydrogens (tertiary/aromatic N) is 1. The van der Waals surface area contributed by atoms with E-state index in [9.17, 15) is 5.11 Å². The molecule has 0 spiro atoms. The van der Waals surface area contributed by atoms with E-state index < -0.39 is 6.10 Å². The molecule has 0 radical (unpaired) electrons. The van der Waals surface area contributed by atoms with Crippen LogP contribution < -0.4 is 0 Å². The maximum Gasteiger partial charge on any atom is 0.0889 e. The zero-order chi connectivity index (χ0) is 9.68. The first-order valence-electron chi connectivity index (χ1n) is 4.11. The van der Waals surface area contributed by atoms with Crippen molar-refractivity contribution in [1.29, 1.82) is 0 Å². The van der Waals surface area contributed by atoms with Crippen LogP contribution in [0.4, 0.5) is 0 Å². The number of aromatic nitrogens is 1. The van der Waals surface area contributed by atoms with Crippen LogP contribution in [0.15, 0.2) is 37.2 Å². The molecule has 70 valence electrons. The smallest absolute Gasteiger partial charge is 0.0889 e. The monoisotopic (exact) mass is 179 g/mol. The zero-order valence-corrected chi connectivity index (χ0v) is 7.30. The van der Waals surface area contributed by atoms with Crippen molar-refractivity contribution in [2.75, 3.05) is 6.61 Å². The van der Waals surface area contributed by atoms with Gasteiger partial charge in [-0.2, -0.15) is 0 Å². The van der Waals surface area contributed by atoms with Crippen LogP contribution in [0.3, 0.4) is 0 Å². The van der Waals surface area contributed by atoms with Gasteiger partial charge in [0.2, 0.25) is 0 Å². The van der Waals surface area contributed by atoms with Crippen LogP contribution >= 0.6 is 0 Å². The molecule has 0 aliphatic heterocycles. The zero-order valence-electron chi connectivity index (χ0n) is 7.30. The summed E-state index contributed by atoms with van der Waals surface area (Å²) in [6, 6.07) is 3.51. The lowest BCUT2D eigenvalue weighted by Crippen LogP contribution is -2.14. The first kappa shape index (κ1) is 9.89. The van der Waals surface area contributed by atoms with Crippen LogP contribution in [0.2, 0.25) is 0 Å². The Morgan fingerprint density at radius 2 is 2.38 bits per heavy atom. The minimum atomic E-state index is -0.726. The fourth-order valence-corrected chi connectivity index (χ4v) is 1.10. The first-order valence-corrected chi connectivity index (χ1v) is 4.11. The molecule has 0 fully saturated rings. The molecular weight excluding hydrogens is 166 g/mol. The Morgan fingerprint density at radius 3 is 2.85 bits per heavy atom. The van der Waals surface area contributed by atoms with Crippen molar-refractivity contribution in [1.82, 2.24) is 4.98 Å². The van der Waals surface area contributed by atoms with Crippen LogP contribution in [0.5, 0.6) is 0 Å². The van der Waals surface area contributed by atoms with Crippen molar-refractivity contribution in [3.63, 3.8) is 0 Å². The molecule has 3 heteroatoms. The molecule has 2 N–H and O–H groups in total. The van der Waals surface area contributed by atoms with Gasteiger partial charge in [0, 0.05) is 18.3 Å². The molecule has 0 aliphatic carbocycles. The van der Waals surface area contributed by atoms with Crippen LogP contribution in [-0.2, 0) is 0 Å². The topological polar surface area (TPSA) is 53.4 Å². The van der Waals surface area contributed by atoms with E-state index >= 15 is 0 Å². The number of hydrogen-bond acceptors (Lipinski definition) is 3. The van der Waals surface area contributed by atoms with Crippen molar-refractivity contribution in [2.24, 2.45) is 5.92 Å². The summed E-state index contributed by atoms with van der Waals surface area (Å²) >= 11 is 0. The van der Waals surface area contributed by atoms with E-state index in [4.69, 9.17) is 5.11 Å². The number of hydrogen-bond donors (Lipinski definition) is 2. The molecule has 1 heterocycles. The molecule has 0 bridgehead atoms. The van der Waals surface area contributed by atoms with Crippen LogP contribution in [-0.4, -0.2) is 21.8 Å². The van der Waals surface area contributed by atoms with E-state index in [1.54, 1.807) is 24.5 Å². The molecule has 1 rings (SSSR count). The second-order valence-electron chi connectivity index (χ2n) is 2.81. The summed E-state index contributed by atoms with van der Waals surface area (Å²) in [5, 5.41) is 18.6. The van der Waals surface area contributed by atoms with Gasteiger partial charge in [-0.15, -0.1) is 6.58 Å². The SMILES string of the molecule is C=C[C@H](CO)[C@H](O)c1cccnc1. The summed E-state index contributed by atoms with van der Waals surface area (Å²) in [7, 11) is 0. The second-order valence-corrected chi connectivity index (χ2v) is 2.81. The highest BCUT2D eigenvalue weighted by Gasteiger charge is 2.16. The van der Waals surface area contributed by atoms with E-state index in [2.05, 4.69) is 11.6 Å². The van der Waals surface area contributed by atoms with Gasteiger partial charge in [0.1, 0.15) is 0 Å². The molecule has 0 amide bonds. The van der Waals surface area contributed by atoms with Crippen molar-refractivity contribution in [3.05, 3.63) is 42.7 Å². The molecule has 0 unspecified atom stereocenters. The molecule has 0 saturated carbocycles. The van der Waals surface area contributed by atoms with E-state index in [-0.39, 0.29) is 12.5 Å². The van der Waals surface area contributed by atoms with Gasteiger partial charge in [0.05, 0.1) is 12.7 Å². The third-order valence-electron chi connectivity index (χ3n) is 1.95. The van der Waals surface area contributed by atoms with Crippen molar-refractivity contribution in [2.45, 2.75) is 6.10 Å². The largest absolute Gasteiger partial charge is 0.396 e. The van der Waals surface area contributed by atoms with Crippen LogP contribution in [0.1, 0.15) is 11.7 Å². The number of aliphatic hydroxyl groups is 2. The summed E-state index contributed by atoms with van der Waals surface area (Å²) in [6.07, 6.45) is 4.03. The molecule has 3 nitrogen and oxygen atoms in total. The lowest BCUT2D eigenvalue weighted by molar-refractivity contribution is 0.0918. The van der Waals surface area contributed by atoms with Gasteiger partial charge in [-0.1, -0.05) is 12.1 Å². The third-order valence-corrected chi connectivity index (χ3v) is 1.95. The average molecular weight is 179 g/mol. The fraction of sp³-hybridized carbons (Fsp3) is 0.300. The molecule has 1 aromatic heterocycles. The van der Waals surface area contributed by atoms with Gasteiger partial charge < -0.3 is 10.2 Å². The fourth-order valence-electron chi connectivity index (χ4n) is 1.10. The normalized spacial score (nSPS) is 14.9. The van der Waals surface area contributed by atoms with Gasteiger partial charge in [-0.3, -0.25) is 4.98 Å². The van der Waals surface area contributed by atoms with Crippen LogP contribution in [0.25, 0.3) is 0 Å². The van der Waals surface area contributed by atoms with Crippen molar-refractivity contribution < 1.29 is 10.2 Å². The Morgan fingerprint density at radius 1 is 1.62 bits per heavy atom. The van der Waals surface area contributed by atoms with E-state index in [0.29, 0.717) is 5.56 Å². The lowest BCUT2D eigenvalue weighted by Gasteiger charge is -2.16. The summed E-state index contributed by atoms with van der Waals surface area (Å²) in [5.74, 6) is -0.329. The lowest BCUT2D eigenvalue weighted by atomic mass is 9.98. The second kappa shape index (κ2) is 4.74. The molecule has 0 aromatic carbocycles. The Hall–Kier alpha value is -1.19. The highest BCUT2D eigenvalue weighted by molar-refractivity contribution is 5.14. The van der Waals surface area contributed by atoms with Gasteiger partial charge in [-0.05, 0) is 11.6 Å². The Bertz CT molecular complexity index is 261. The van der Waals surface area contributed by atoms with E-state index in [1.165, 1.54) is 6.08 Å². The van der Waals surface area contributed by atoms with E-state index in [0.717, 1.165) is 0 Å². The molecule has 0 aliphatic rings. The van der Waals surface area contributed by atoms with Gasteiger partial charge in [0.15, 0.2) is 0 Å². The Balaban J connectivity index is 2.77. The van der Waals surface area contributed by atoms with Crippen molar-refractivity contribution in [3.8, 4) is 0 Å². The predicted octanol–water partition coefficient (Wildman–Crippen LogP) is 0.909. The third kappa shape index (κ3) is 2.37. The maximum atomic E-state index is 9.71. The quantitative estimate of drug-likeness (QED) is 0.675. The maximum absolute atomic E-state index is 9.71. The standard InChI is InChI=1S/C10H13NO2/c1-2-8(7-12)10(13)9-4-3-5-11-6-9/h2-6,8,10,12-13H,1,7H2/t8-,10+/m1/s1. The Labute approximate surface area is 77.4 Å². The minimum absolute atomic E-state index is 0.112. The summed E-state index contributed by atoms with van der Waals surface area (Å²) in [5.41, 5.74) is 0.696.